The molecule has 0 aliphatic carbocycles. The van der Waals surface area contributed by atoms with Crippen LogP contribution >= 0.6 is 0 Å². The summed E-state index contributed by atoms with van der Waals surface area (Å²) in [5.74, 6) is -0.119. The summed E-state index contributed by atoms with van der Waals surface area (Å²) in [6.45, 7) is 2.64. The number of rotatable bonds is 6. The smallest absolute Gasteiger partial charge is 0.321 e. The molecule has 1 unspecified atom stereocenters. The molecule has 204 valence electrons. The van der Waals surface area contributed by atoms with Crippen molar-refractivity contribution >= 4 is 34.6 Å². The molecule has 3 aromatic carbocycles. The highest BCUT2D eigenvalue weighted by Gasteiger charge is 2.38. The predicted octanol–water partition coefficient (Wildman–Crippen LogP) is 3.62. The molecular weight excluding hydrogens is 508 g/mol. The second kappa shape index (κ2) is 11.8. The van der Waals surface area contributed by atoms with Gasteiger partial charge in [0.15, 0.2) is 0 Å². The molecule has 0 radical (unpaired) electrons. The number of nitrogens with one attached hydrogen (secondary N) is 2. The second-order valence-corrected chi connectivity index (χ2v) is 9.57. The van der Waals surface area contributed by atoms with Gasteiger partial charge in [0.2, 0.25) is 5.91 Å². The molecule has 4 amide bonds. The maximum atomic E-state index is 13.6. The number of hydrogen-bond donors (Lipinski definition) is 2. The fourth-order valence-electron chi connectivity index (χ4n) is 4.57. The highest BCUT2D eigenvalue weighted by Crippen LogP contribution is 2.18. The summed E-state index contributed by atoms with van der Waals surface area (Å²) in [7, 11) is 1.58. The summed E-state index contributed by atoms with van der Waals surface area (Å²) in [4.78, 5) is 52.1. The topological polar surface area (TPSA) is 117 Å². The van der Waals surface area contributed by atoms with Crippen molar-refractivity contribution in [3.05, 3.63) is 95.8 Å². The lowest BCUT2D eigenvalue weighted by atomic mass is 10.1. The van der Waals surface area contributed by atoms with Gasteiger partial charge in [-0.25, -0.2) is 9.78 Å². The molecule has 10 nitrogen and oxygen atoms in total. The molecule has 1 aliphatic heterocycles. The molecule has 2 N–H and O–H groups in total. The first-order valence-electron chi connectivity index (χ1n) is 13.0. The Morgan fingerprint density at radius 2 is 1.75 bits per heavy atom. The van der Waals surface area contributed by atoms with Crippen LogP contribution in [0.15, 0.2) is 79.0 Å². The summed E-state index contributed by atoms with van der Waals surface area (Å²) in [6.07, 6.45) is 1.42. The number of amides is 4. The van der Waals surface area contributed by atoms with Crippen LogP contribution in [0.2, 0.25) is 0 Å². The molecule has 4 aromatic rings. The zero-order chi connectivity index (χ0) is 28.1. The van der Waals surface area contributed by atoms with Gasteiger partial charge >= 0.3 is 6.03 Å². The van der Waals surface area contributed by atoms with Crippen LogP contribution in [-0.4, -0.2) is 70.4 Å². The number of aromatic nitrogens is 2. The van der Waals surface area contributed by atoms with Crippen molar-refractivity contribution in [3.63, 3.8) is 0 Å². The van der Waals surface area contributed by atoms with Crippen LogP contribution in [0.25, 0.3) is 11.0 Å². The third-order valence-corrected chi connectivity index (χ3v) is 6.80. The van der Waals surface area contributed by atoms with Gasteiger partial charge < -0.3 is 25.2 Å². The number of methoxy groups -OCH3 is 1. The molecule has 0 bridgehead atoms. The van der Waals surface area contributed by atoms with Gasteiger partial charge in [-0.05, 0) is 48.9 Å². The summed E-state index contributed by atoms with van der Waals surface area (Å²) in [6, 6.07) is 20.8. The molecular formula is C30H30N6O4. The fraction of sp³-hybridized carbons (Fsp3) is 0.233. The maximum Gasteiger partial charge on any atom is 0.321 e. The van der Waals surface area contributed by atoms with E-state index in [4.69, 9.17) is 4.74 Å². The van der Waals surface area contributed by atoms with Gasteiger partial charge in [-0.2, -0.15) is 0 Å². The van der Waals surface area contributed by atoms with E-state index in [0.717, 1.165) is 11.1 Å². The van der Waals surface area contributed by atoms with Gasteiger partial charge in [-0.15, -0.1) is 0 Å². The van der Waals surface area contributed by atoms with Gasteiger partial charge in [-0.3, -0.25) is 14.6 Å². The van der Waals surface area contributed by atoms with Crippen LogP contribution in [0, 0.1) is 6.92 Å². The minimum Gasteiger partial charge on any atom is -0.497 e. The molecule has 0 saturated carbocycles. The average molecular weight is 539 g/mol. The van der Waals surface area contributed by atoms with Crippen molar-refractivity contribution in [1.82, 2.24) is 25.1 Å². The van der Waals surface area contributed by atoms with E-state index < -0.39 is 11.9 Å². The van der Waals surface area contributed by atoms with Crippen LogP contribution in [0.3, 0.4) is 0 Å². The zero-order valence-electron chi connectivity index (χ0n) is 22.3. The first-order valence-corrected chi connectivity index (χ1v) is 13.0. The zero-order valence-corrected chi connectivity index (χ0v) is 22.3. The Labute approximate surface area is 232 Å². The van der Waals surface area contributed by atoms with E-state index in [1.165, 1.54) is 11.1 Å². The van der Waals surface area contributed by atoms with Gasteiger partial charge in [0.25, 0.3) is 5.91 Å². The fourth-order valence-corrected chi connectivity index (χ4v) is 4.57. The number of carbonyl (C=O) groups excluding carboxylic acids is 3. The molecule has 0 spiro atoms. The van der Waals surface area contributed by atoms with Gasteiger partial charge in [0.05, 0.1) is 30.9 Å². The Morgan fingerprint density at radius 1 is 0.975 bits per heavy atom. The number of nitrogens with zero attached hydrogens (tertiary/aromatic N) is 4. The predicted molar refractivity (Wildman–Crippen MR) is 151 cm³/mol. The second-order valence-electron chi connectivity index (χ2n) is 9.57. The van der Waals surface area contributed by atoms with Crippen molar-refractivity contribution in [2.75, 3.05) is 32.1 Å². The lowest BCUT2D eigenvalue weighted by Crippen LogP contribution is -2.62. The third kappa shape index (κ3) is 6.01. The number of benzene rings is 3. The number of aryl methyl sites for hydroxylation is 1. The highest BCUT2D eigenvalue weighted by atomic mass is 16.5. The normalized spacial score (nSPS) is 15.0. The molecule has 10 heteroatoms. The van der Waals surface area contributed by atoms with Crippen molar-refractivity contribution in [2.24, 2.45) is 0 Å². The van der Waals surface area contributed by atoms with E-state index >= 15 is 0 Å². The Morgan fingerprint density at radius 3 is 2.52 bits per heavy atom. The first-order chi connectivity index (χ1) is 19.4. The molecule has 1 fully saturated rings. The summed E-state index contributed by atoms with van der Waals surface area (Å²) in [5, 5.41) is 5.80. The monoisotopic (exact) mass is 538 g/mol. The van der Waals surface area contributed by atoms with Crippen molar-refractivity contribution < 1.29 is 19.1 Å². The van der Waals surface area contributed by atoms with E-state index in [9.17, 15) is 14.4 Å². The Hall–Kier alpha value is -4.99. The van der Waals surface area contributed by atoms with Crippen molar-refractivity contribution in [1.29, 1.82) is 0 Å². The molecule has 5 rings (SSSR count). The third-order valence-electron chi connectivity index (χ3n) is 6.80. The largest absolute Gasteiger partial charge is 0.497 e. The maximum absolute atomic E-state index is 13.6. The van der Waals surface area contributed by atoms with Crippen LogP contribution < -0.4 is 15.4 Å². The minimum atomic E-state index is -0.927. The quantitative estimate of drug-likeness (QED) is 0.387. The van der Waals surface area contributed by atoms with E-state index in [1.807, 2.05) is 73.7 Å². The molecule has 40 heavy (non-hydrogen) atoms. The van der Waals surface area contributed by atoms with Gasteiger partial charge in [-0.1, -0.05) is 42.0 Å². The SMILES string of the molecule is COc1cccc(CNC(=O)C2CN(C(=O)Nc3ccc(C)cc3)CCN2C(=O)c2cnc3ccccc3n2)c1. The lowest BCUT2D eigenvalue weighted by Gasteiger charge is -2.40. The number of piperazine rings is 1. The number of anilines is 1. The van der Waals surface area contributed by atoms with Crippen molar-refractivity contribution in [3.8, 4) is 5.75 Å². The molecule has 1 aromatic heterocycles. The van der Waals surface area contributed by atoms with Crippen LogP contribution in [0.1, 0.15) is 21.6 Å². The Bertz CT molecular complexity index is 1540. The number of urea groups is 1. The standard InChI is InChI=1S/C30H30N6O4/c1-20-10-12-22(13-11-20)33-30(39)35-14-15-36(29(38)26-18-31-24-8-3-4-9-25(24)34-26)27(19-35)28(37)32-17-21-6-5-7-23(16-21)40-2/h3-13,16,18,27H,14-15,17,19H2,1-2H3,(H,32,37)(H,33,39). The first kappa shape index (κ1) is 26.6. The van der Waals surface area contributed by atoms with Gasteiger partial charge in [0, 0.05) is 25.3 Å². The van der Waals surface area contributed by atoms with E-state index in [2.05, 4.69) is 20.6 Å². The number of fused-ring (bicyclic) bond motifs is 1. The Kier molecular flexibility index (Phi) is 7.86. The summed E-state index contributed by atoms with van der Waals surface area (Å²) >= 11 is 0. The average Bonchev–Trinajstić information content (AvgIpc) is 3.00. The van der Waals surface area contributed by atoms with Crippen LogP contribution in [0.5, 0.6) is 5.75 Å². The minimum absolute atomic E-state index is 0.0222. The van der Waals surface area contributed by atoms with Crippen LogP contribution in [0.4, 0.5) is 10.5 Å². The number of hydrogen-bond acceptors (Lipinski definition) is 6. The number of ether oxygens (including phenoxy) is 1. The van der Waals surface area contributed by atoms with Gasteiger partial charge in [0.1, 0.15) is 17.5 Å². The lowest BCUT2D eigenvalue weighted by molar-refractivity contribution is -0.127. The molecule has 1 saturated heterocycles. The summed E-state index contributed by atoms with van der Waals surface area (Å²) in [5.41, 5.74) is 3.97. The van der Waals surface area contributed by atoms with E-state index in [-0.39, 0.29) is 43.8 Å². The number of para-hydroxylation sites is 2. The van der Waals surface area contributed by atoms with Crippen molar-refractivity contribution in [2.45, 2.75) is 19.5 Å². The number of carbonyl (C=O) groups is 3. The highest BCUT2D eigenvalue weighted by molar-refractivity contribution is 5.98. The van der Waals surface area contributed by atoms with E-state index in [1.54, 1.807) is 18.1 Å². The molecule has 1 aliphatic rings. The Balaban J connectivity index is 1.36. The van der Waals surface area contributed by atoms with E-state index in [0.29, 0.717) is 22.5 Å². The molecule has 1 atom stereocenters. The van der Waals surface area contributed by atoms with Crippen LogP contribution in [-0.2, 0) is 11.3 Å². The molecule has 2 heterocycles. The summed E-state index contributed by atoms with van der Waals surface area (Å²) < 4.78 is 5.27.